The van der Waals surface area contributed by atoms with Crippen LogP contribution in [0.4, 0.5) is 0 Å². The maximum Gasteiger partial charge on any atom is 0.137 e. The first-order valence-electron chi connectivity index (χ1n) is 13.6. The van der Waals surface area contributed by atoms with Crippen molar-refractivity contribution in [2.24, 2.45) is 56.7 Å². The third kappa shape index (κ3) is 2.60. The minimum atomic E-state index is -0.210. The van der Waals surface area contributed by atoms with Crippen molar-refractivity contribution in [1.82, 2.24) is 0 Å². The number of aliphatic hydroxyl groups excluding tert-OH is 1. The quantitative estimate of drug-likeness (QED) is 0.438. The van der Waals surface area contributed by atoms with Gasteiger partial charge in [-0.3, -0.25) is 4.79 Å². The molecule has 32 heavy (non-hydrogen) atoms. The highest BCUT2D eigenvalue weighted by molar-refractivity contribution is 5.84. The largest absolute Gasteiger partial charge is 0.393 e. The van der Waals surface area contributed by atoms with E-state index in [9.17, 15) is 9.90 Å². The van der Waals surface area contributed by atoms with Crippen molar-refractivity contribution in [3.05, 3.63) is 12.2 Å². The molecular weight excluding hydrogens is 392 g/mol. The Hall–Kier alpha value is -0.630. The van der Waals surface area contributed by atoms with E-state index in [4.69, 9.17) is 0 Å². The van der Waals surface area contributed by atoms with E-state index in [-0.39, 0.29) is 33.7 Å². The van der Waals surface area contributed by atoms with Crippen LogP contribution >= 0.6 is 0 Å². The molecule has 0 bridgehead atoms. The van der Waals surface area contributed by atoms with Crippen LogP contribution in [-0.4, -0.2) is 17.0 Å². The summed E-state index contributed by atoms with van der Waals surface area (Å²) in [6, 6.07) is 0. The second kappa shape index (κ2) is 6.73. The van der Waals surface area contributed by atoms with Gasteiger partial charge in [-0.2, -0.15) is 0 Å². The van der Waals surface area contributed by atoms with Crippen molar-refractivity contribution >= 4 is 5.78 Å². The van der Waals surface area contributed by atoms with Crippen molar-refractivity contribution in [1.29, 1.82) is 0 Å². The molecule has 1 N–H and O–H groups in total. The molecule has 10 atom stereocenters. The smallest absolute Gasteiger partial charge is 0.137 e. The highest BCUT2D eigenvalue weighted by atomic mass is 16.3. The van der Waals surface area contributed by atoms with Crippen LogP contribution < -0.4 is 0 Å². The maximum absolute atomic E-state index is 14.2. The Kier molecular flexibility index (Phi) is 4.87. The van der Waals surface area contributed by atoms with Crippen molar-refractivity contribution in [3.8, 4) is 0 Å². The molecule has 0 radical (unpaired) electrons. The zero-order valence-corrected chi connectivity index (χ0v) is 21.9. The summed E-state index contributed by atoms with van der Waals surface area (Å²) in [6.45, 7) is 21.3. The fourth-order valence-electron chi connectivity index (χ4n) is 11.1. The van der Waals surface area contributed by atoms with Crippen LogP contribution in [0.3, 0.4) is 0 Å². The van der Waals surface area contributed by atoms with E-state index in [1.54, 1.807) is 0 Å². The van der Waals surface area contributed by atoms with Gasteiger partial charge in [0.1, 0.15) is 5.78 Å². The Balaban J connectivity index is 1.59. The molecule has 5 rings (SSSR count). The second-order valence-electron chi connectivity index (χ2n) is 14.7. The Labute approximate surface area is 197 Å². The minimum Gasteiger partial charge on any atom is -0.393 e. The Bertz CT molecular complexity index is 842. The summed E-state index contributed by atoms with van der Waals surface area (Å²) >= 11 is 0. The number of allylic oxidation sites excluding steroid dienone is 1. The minimum absolute atomic E-state index is 0.0588. The van der Waals surface area contributed by atoms with Crippen molar-refractivity contribution in [2.75, 3.05) is 0 Å². The first-order valence-corrected chi connectivity index (χ1v) is 13.6. The second-order valence-corrected chi connectivity index (χ2v) is 14.7. The van der Waals surface area contributed by atoms with Crippen LogP contribution in [0.25, 0.3) is 0 Å². The molecule has 0 heterocycles. The van der Waals surface area contributed by atoms with Crippen LogP contribution in [-0.2, 0) is 4.79 Å². The lowest BCUT2D eigenvalue weighted by atomic mass is 9.32. The van der Waals surface area contributed by atoms with E-state index < -0.39 is 0 Å². The first kappa shape index (κ1) is 23.1. The number of rotatable bonds is 1. The van der Waals surface area contributed by atoms with Crippen LogP contribution in [0.1, 0.15) is 106 Å². The fourth-order valence-corrected chi connectivity index (χ4v) is 11.1. The van der Waals surface area contributed by atoms with Gasteiger partial charge in [0.05, 0.1) is 6.10 Å². The van der Waals surface area contributed by atoms with E-state index >= 15 is 0 Å². The van der Waals surface area contributed by atoms with Crippen molar-refractivity contribution < 1.29 is 9.90 Å². The zero-order valence-electron chi connectivity index (χ0n) is 21.9. The van der Waals surface area contributed by atoms with Gasteiger partial charge >= 0.3 is 0 Å². The summed E-state index contributed by atoms with van der Waals surface area (Å²) < 4.78 is 0. The van der Waals surface area contributed by atoms with Gasteiger partial charge in [-0.05, 0) is 109 Å². The van der Waals surface area contributed by atoms with Crippen LogP contribution in [0.15, 0.2) is 12.2 Å². The van der Waals surface area contributed by atoms with Gasteiger partial charge in [-0.1, -0.05) is 53.7 Å². The SMILES string of the molecule is C=C(C)C1CCC2(C)CCC3(C)C(C(=O)CC4C5(C)CCC(O)C(C)(C)C5CCC43C)C12. The lowest BCUT2D eigenvalue weighted by molar-refractivity contribution is -0.238. The van der Waals surface area contributed by atoms with Gasteiger partial charge in [0.25, 0.3) is 0 Å². The Morgan fingerprint density at radius 2 is 1.56 bits per heavy atom. The van der Waals surface area contributed by atoms with Gasteiger partial charge in [-0.25, -0.2) is 0 Å². The molecule has 0 aromatic heterocycles. The summed E-state index contributed by atoms with van der Waals surface area (Å²) in [6.07, 6.45) is 9.91. The summed E-state index contributed by atoms with van der Waals surface area (Å²) in [4.78, 5) is 14.2. The standard InChI is InChI=1S/C30H48O2/c1-18(2)19-9-12-27(5)15-16-30(8)25(24(19)27)20(31)17-22-28(6)13-11-23(32)26(3,4)21(28)10-14-29(22,30)7/h19,21-25,32H,1,9-17H2,2-8H3. The van der Waals surface area contributed by atoms with E-state index in [0.717, 1.165) is 19.3 Å². The average molecular weight is 441 g/mol. The predicted octanol–water partition coefficient (Wildman–Crippen LogP) is 7.20. The van der Waals surface area contributed by atoms with Gasteiger partial charge < -0.3 is 5.11 Å². The lowest BCUT2D eigenvalue weighted by Crippen LogP contribution is -2.68. The zero-order chi connectivity index (χ0) is 23.5. The number of aliphatic hydroxyl groups is 1. The molecule has 5 aliphatic rings. The molecule has 0 aromatic rings. The number of hydrogen-bond acceptors (Lipinski definition) is 2. The predicted molar refractivity (Wildman–Crippen MR) is 131 cm³/mol. The summed E-state index contributed by atoms with van der Waals surface area (Å²) in [5.74, 6) is 2.74. The number of carbonyl (C=O) groups is 1. The first-order chi connectivity index (χ1) is 14.7. The highest BCUT2D eigenvalue weighted by Gasteiger charge is 2.72. The molecule has 10 unspecified atom stereocenters. The Morgan fingerprint density at radius 3 is 2.22 bits per heavy atom. The molecule has 0 spiro atoms. The van der Waals surface area contributed by atoms with E-state index in [1.165, 1.54) is 44.1 Å². The number of ketones is 1. The third-order valence-corrected chi connectivity index (χ3v) is 13.2. The summed E-state index contributed by atoms with van der Waals surface area (Å²) in [5.41, 5.74) is 2.01. The molecule has 5 saturated carbocycles. The van der Waals surface area contributed by atoms with E-state index in [2.05, 4.69) is 55.0 Å². The van der Waals surface area contributed by atoms with Gasteiger partial charge in [0.15, 0.2) is 0 Å². The monoisotopic (exact) mass is 440 g/mol. The number of hydrogen-bond donors (Lipinski definition) is 1. The molecule has 180 valence electrons. The van der Waals surface area contributed by atoms with Crippen LogP contribution in [0, 0.1) is 56.7 Å². The molecule has 0 saturated heterocycles. The van der Waals surface area contributed by atoms with Gasteiger partial charge in [0.2, 0.25) is 0 Å². The molecule has 0 aromatic carbocycles. The molecule has 2 nitrogen and oxygen atoms in total. The van der Waals surface area contributed by atoms with E-state index in [0.29, 0.717) is 34.9 Å². The number of carbonyl (C=O) groups excluding carboxylic acids is 1. The highest BCUT2D eigenvalue weighted by Crippen LogP contribution is 2.76. The molecule has 0 amide bonds. The van der Waals surface area contributed by atoms with Crippen LogP contribution in [0.2, 0.25) is 0 Å². The fraction of sp³-hybridized carbons (Fsp3) is 0.900. The topological polar surface area (TPSA) is 37.3 Å². The molecule has 5 aliphatic carbocycles. The summed E-state index contributed by atoms with van der Waals surface area (Å²) in [7, 11) is 0. The summed E-state index contributed by atoms with van der Waals surface area (Å²) in [5, 5.41) is 10.9. The van der Waals surface area contributed by atoms with Crippen molar-refractivity contribution in [3.63, 3.8) is 0 Å². The molecule has 5 fully saturated rings. The van der Waals surface area contributed by atoms with Crippen LogP contribution in [0.5, 0.6) is 0 Å². The third-order valence-electron chi connectivity index (χ3n) is 13.2. The van der Waals surface area contributed by atoms with E-state index in [1.807, 2.05) is 0 Å². The molecule has 2 heteroatoms. The van der Waals surface area contributed by atoms with Crippen molar-refractivity contribution in [2.45, 2.75) is 112 Å². The number of fused-ring (bicyclic) bond motifs is 7. The molecule has 0 aliphatic heterocycles. The normalized spacial score (nSPS) is 56.6. The Morgan fingerprint density at radius 1 is 0.875 bits per heavy atom. The maximum atomic E-state index is 14.2. The lowest BCUT2D eigenvalue weighted by Gasteiger charge is -2.72. The molecular formula is C30H48O2. The number of Topliss-reactive ketones (excluding diaryl/α,β-unsaturated/α-hetero) is 1. The van der Waals surface area contributed by atoms with Gasteiger partial charge in [-0.15, -0.1) is 0 Å². The average Bonchev–Trinajstić information content (AvgIpc) is 3.05. The van der Waals surface area contributed by atoms with Gasteiger partial charge in [0, 0.05) is 12.3 Å².